The van der Waals surface area contributed by atoms with E-state index in [2.05, 4.69) is 0 Å². The first-order chi connectivity index (χ1) is 7.02. The maximum absolute atomic E-state index is 11.3. The molecule has 0 amide bonds. The summed E-state index contributed by atoms with van der Waals surface area (Å²) in [6.07, 6.45) is -1.52. The summed E-state index contributed by atoms with van der Waals surface area (Å²) in [4.78, 5) is 22.7. The molecule has 0 heterocycles. The van der Waals surface area contributed by atoms with Crippen LogP contribution in [0.3, 0.4) is 0 Å². The average molecular weight is 218 g/mol. The van der Waals surface area contributed by atoms with Gasteiger partial charge in [-0.25, -0.2) is 9.59 Å². The second-order valence-corrected chi connectivity index (χ2v) is 3.07. The third-order valence-electron chi connectivity index (χ3n) is 1.41. The first-order valence-electron chi connectivity index (χ1n) is 5.01. The Morgan fingerprint density at radius 3 is 1.67 bits per heavy atom. The third-order valence-corrected chi connectivity index (χ3v) is 1.41. The van der Waals surface area contributed by atoms with Crippen LogP contribution in [0.5, 0.6) is 0 Å². The summed E-state index contributed by atoms with van der Waals surface area (Å²) in [6, 6.07) is 0. The fraction of sp³-hybridized carbons (Fsp3) is 0.800. The van der Waals surface area contributed by atoms with Gasteiger partial charge in [0.1, 0.15) is 0 Å². The molecule has 15 heavy (non-hydrogen) atoms. The van der Waals surface area contributed by atoms with Crippen molar-refractivity contribution in [3.05, 3.63) is 0 Å². The van der Waals surface area contributed by atoms with Gasteiger partial charge in [0.15, 0.2) is 0 Å². The Labute approximate surface area is 89.7 Å². The monoisotopic (exact) mass is 218 g/mol. The van der Waals surface area contributed by atoms with E-state index in [1.807, 2.05) is 0 Å². The lowest BCUT2D eigenvalue weighted by atomic mass is 10.3. The topological polar surface area (TPSA) is 61.8 Å². The molecule has 0 saturated heterocycles. The van der Waals surface area contributed by atoms with Crippen molar-refractivity contribution in [1.29, 1.82) is 0 Å². The summed E-state index contributed by atoms with van der Waals surface area (Å²) in [5, 5.41) is 0. The molecule has 0 aliphatic heterocycles. The quantitative estimate of drug-likeness (QED) is 0.489. The Kier molecular flexibility index (Phi) is 6.70. The van der Waals surface area contributed by atoms with Crippen LogP contribution in [0, 0.1) is 0 Å². The summed E-state index contributed by atoms with van der Waals surface area (Å²) in [5.74, 6) is -1.41. The summed E-state index contributed by atoms with van der Waals surface area (Å²) in [5.41, 5.74) is 0. The molecule has 5 heteroatoms. The van der Waals surface area contributed by atoms with Gasteiger partial charge < -0.3 is 14.2 Å². The second kappa shape index (κ2) is 7.23. The number of carbonyl (C=O) groups excluding carboxylic acids is 2. The maximum atomic E-state index is 11.3. The zero-order chi connectivity index (χ0) is 11.8. The lowest BCUT2D eigenvalue weighted by Crippen LogP contribution is -2.37. The maximum Gasteiger partial charge on any atom is 0.347 e. The normalized spacial score (nSPS) is 10.5. The summed E-state index contributed by atoms with van der Waals surface area (Å²) < 4.78 is 14.5. The molecule has 0 saturated carbocycles. The van der Waals surface area contributed by atoms with Gasteiger partial charge in [-0.3, -0.25) is 0 Å². The molecule has 0 aliphatic carbocycles. The molecule has 0 radical (unpaired) electrons. The highest BCUT2D eigenvalue weighted by molar-refractivity contribution is 5.98. The fourth-order valence-corrected chi connectivity index (χ4v) is 0.915. The smallest absolute Gasteiger partial charge is 0.347 e. The molecule has 0 bridgehead atoms. The standard InChI is InChI=1S/C10H18O5/c1-5-13-9(11)8(15-7(3)4)10(12)14-6-2/h7-8H,5-6H2,1-4H3. The van der Waals surface area contributed by atoms with Gasteiger partial charge >= 0.3 is 11.9 Å². The number of esters is 2. The number of rotatable bonds is 6. The van der Waals surface area contributed by atoms with Gasteiger partial charge in [0.2, 0.25) is 0 Å². The lowest BCUT2D eigenvalue weighted by Gasteiger charge is -2.17. The Morgan fingerprint density at radius 2 is 1.40 bits per heavy atom. The minimum Gasteiger partial charge on any atom is -0.464 e. The highest BCUT2D eigenvalue weighted by Gasteiger charge is 2.31. The van der Waals surface area contributed by atoms with Crippen molar-refractivity contribution < 1.29 is 23.8 Å². The minimum absolute atomic E-state index is 0.205. The molecule has 0 aliphatic rings. The van der Waals surface area contributed by atoms with Crippen LogP contribution in [0.2, 0.25) is 0 Å². The van der Waals surface area contributed by atoms with Gasteiger partial charge in [0, 0.05) is 0 Å². The Hall–Kier alpha value is -1.10. The third kappa shape index (κ3) is 5.37. The molecule has 0 N–H and O–H groups in total. The molecule has 0 rings (SSSR count). The Balaban J connectivity index is 4.42. The number of hydrogen-bond donors (Lipinski definition) is 0. The number of carbonyl (C=O) groups is 2. The second-order valence-electron chi connectivity index (χ2n) is 3.07. The van der Waals surface area contributed by atoms with Gasteiger partial charge in [-0.15, -0.1) is 0 Å². The molecule has 0 fully saturated rings. The molecule has 88 valence electrons. The minimum atomic E-state index is -1.27. The summed E-state index contributed by atoms with van der Waals surface area (Å²) >= 11 is 0. The van der Waals surface area contributed by atoms with E-state index in [0.29, 0.717) is 0 Å². The van der Waals surface area contributed by atoms with Gasteiger partial charge in [0.05, 0.1) is 19.3 Å². The number of hydrogen-bond acceptors (Lipinski definition) is 5. The molecule has 0 unspecified atom stereocenters. The summed E-state index contributed by atoms with van der Waals surface area (Å²) in [7, 11) is 0. The Bertz CT molecular complexity index is 194. The van der Waals surface area contributed by atoms with E-state index in [9.17, 15) is 9.59 Å². The van der Waals surface area contributed by atoms with Gasteiger partial charge in [-0.2, -0.15) is 0 Å². The average Bonchev–Trinajstić information content (AvgIpc) is 2.14. The van der Waals surface area contributed by atoms with Gasteiger partial charge in [-0.05, 0) is 27.7 Å². The van der Waals surface area contributed by atoms with Crippen LogP contribution in [-0.4, -0.2) is 37.4 Å². The Morgan fingerprint density at radius 1 is 1.00 bits per heavy atom. The van der Waals surface area contributed by atoms with Crippen molar-refractivity contribution in [2.24, 2.45) is 0 Å². The van der Waals surface area contributed by atoms with Crippen molar-refractivity contribution in [3.8, 4) is 0 Å². The van der Waals surface area contributed by atoms with E-state index in [1.165, 1.54) is 0 Å². The predicted octanol–water partition coefficient (Wildman–Crippen LogP) is 0.906. The first-order valence-corrected chi connectivity index (χ1v) is 5.01. The van der Waals surface area contributed by atoms with E-state index >= 15 is 0 Å². The fourth-order valence-electron chi connectivity index (χ4n) is 0.915. The van der Waals surface area contributed by atoms with E-state index in [1.54, 1.807) is 27.7 Å². The summed E-state index contributed by atoms with van der Waals surface area (Å²) in [6.45, 7) is 7.19. The largest absolute Gasteiger partial charge is 0.464 e. The molecule has 0 atom stereocenters. The van der Waals surface area contributed by atoms with Crippen LogP contribution in [0.1, 0.15) is 27.7 Å². The highest BCUT2D eigenvalue weighted by Crippen LogP contribution is 2.03. The van der Waals surface area contributed by atoms with Crippen LogP contribution in [0.15, 0.2) is 0 Å². The zero-order valence-corrected chi connectivity index (χ0v) is 9.61. The van der Waals surface area contributed by atoms with Gasteiger partial charge in [-0.1, -0.05) is 0 Å². The van der Waals surface area contributed by atoms with E-state index in [4.69, 9.17) is 14.2 Å². The van der Waals surface area contributed by atoms with Crippen molar-refractivity contribution in [3.63, 3.8) is 0 Å². The van der Waals surface area contributed by atoms with E-state index in [0.717, 1.165) is 0 Å². The molecule has 0 aromatic heterocycles. The lowest BCUT2D eigenvalue weighted by molar-refractivity contribution is -0.176. The molecular weight excluding hydrogens is 200 g/mol. The predicted molar refractivity (Wildman–Crippen MR) is 53.3 cm³/mol. The molecular formula is C10H18O5. The van der Waals surface area contributed by atoms with Crippen LogP contribution in [0.25, 0.3) is 0 Å². The molecule has 0 spiro atoms. The highest BCUT2D eigenvalue weighted by atomic mass is 16.6. The first kappa shape index (κ1) is 13.9. The molecule has 0 aromatic carbocycles. The van der Waals surface area contributed by atoms with Gasteiger partial charge in [0.25, 0.3) is 6.10 Å². The van der Waals surface area contributed by atoms with Crippen molar-refractivity contribution in [1.82, 2.24) is 0 Å². The number of ether oxygens (including phenoxy) is 3. The zero-order valence-electron chi connectivity index (χ0n) is 9.61. The van der Waals surface area contributed by atoms with Crippen LogP contribution in [0.4, 0.5) is 0 Å². The van der Waals surface area contributed by atoms with Crippen molar-refractivity contribution in [2.45, 2.75) is 39.9 Å². The molecule has 0 aromatic rings. The van der Waals surface area contributed by atoms with Crippen LogP contribution < -0.4 is 0 Å². The van der Waals surface area contributed by atoms with E-state index < -0.39 is 18.0 Å². The van der Waals surface area contributed by atoms with E-state index in [-0.39, 0.29) is 19.3 Å². The van der Waals surface area contributed by atoms with Crippen LogP contribution >= 0.6 is 0 Å². The van der Waals surface area contributed by atoms with Crippen molar-refractivity contribution in [2.75, 3.05) is 13.2 Å². The SMILES string of the molecule is CCOC(=O)C(OC(C)C)C(=O)OCC. The van der Waals surface area contributed by atoms with Crippen molar-refractivity contribution >= 4 is 11.9 Å². The van der Waals surface area contributed by atoms with Crippen LogP contribution in [-0.2, 0) is 23.8 Å². The molecule has 5 nitrogen and oxygen atoms in total.